The van der Waals surface area contributed by atoms with Crippen molar-refractivity contribution >= 4 is 17.4 Å². The van der Waals surface area contributed by atoms with E-state index in [0.29, 0.717) is 6.04 Å². The molecule has 1 fully saturated rings. The smallest absolute Gasteiger partial charge is 0.123 e. The van der Waals surface area contributed by atoms with Gasteiger partial charge >= 0.3 is 0 Å². The summed E-state index contributed by atoms with van der Waals surface area (Å²) >= 11 is 1.73. The van der Waals surface area contributed by atoms with Gasteiger partial charge in [-0.2, -0.15) is 11.3 Å². The van der Waals surface area contributed by atoms with Crippen LogP contribution in [0, 0.1) is 5.82 Å². The largest absolute Gasteiger partial charge is 0.396 e. The van der Waals surface area contributed by atoms with E-state index in [2.05, 4.69) is 32.7 Å². The van der Waals surface area contributed by atoms with Crippen molar-refractivity contribution in [3.8, 4) is 0 Å². The number of thiophene rings is 1. The van der Waals surface area contributed by atoms with Crippen molar-refractivity contribution in [2.24, 2.45) is 0 Å². The topological polar surface area (TPSA) is 26.7 Å². The fourth-order valence-electron chi connectivity index (χ4n) is 3.28. The molecule has 0 spiro atoms. The predicted molar refractivity (Wildman–Crippen MR) is 102 cm³/mol. The lowest BCUT2D eigenvalue weighted by atomic mass is 10.1. The van der Waals surface area contributed by atoms with Crippen LogP contribution in [0.5, 0.6) is 0 Å². The van der Waals surface area contributed by atoms with E-state index in [1.54, 1.807) is 23.5 Å². The second kappa shape index (κ2) is 9.25. The number of aliphatic hydroxyl groups is 1. The summed E-state index contributed by atoms with van der Waals surface area (Å²) in [5.74, 6) is -0.203. The average molecular weight is 360 g/mol. The number of piperazine rings is 1. The molecule has 134 valence electrons. The maximum Gasteiger partial charge on any atom is 0.123 e. The van der Waals surface area contributed by atoms with Gasteiger partial charge < -0.3 is 5.11 Å². The third-order valence-corrected chi connectivity index (χ3v) is 5.39. The van der Waals surface area contributed by atoms with Crippen molar-refractivity contribution in [1.82, 2.24) is 9.80 Å². The molecule has 1 aromatic carbocycles. The SMILES string of the molecule is OCC[C@H]1CN(C/C=C/c2ccc(F)cc2)CCN1Cc1ccsc1. The van der Waals surface area contributed by atoms with Gasteiger partial charge in [-0.3, -0.25) is 9.80 Å². The standard InChI is InChI=1S/C20H25FN2OS/c21-19-5-3-17(4-6-19)2-1-9-22-10-11-23(20(15-22)7-12-24)14-18-8-13-25-16-18/h1-6,8,13,16,20,24H,7,9-12,14-15H2/b2-1+/t20-/m0/s1. The molecule has 0 amide bonds. The van der Waals surface area contributed by atoms with Crippen LogP contribution < -0.4 is 0 Å². The number of benzene rings is 1. The minimum Gasteiger partial charge on any atom is -0.396 e. The number of rotatable bonds is 7. The molecular formula is C20H25FN2OS. The number of hydrogen-bond acceptors (Lipinski definition) is 4. The van der Waals surface area contributed by atoms with Crippen molar-refractivity contribution in [2.75, 3.05) is 32.8 Å². The molecule has 1 aromatic heterocycles. The molecule has 5 heteroatoms. The van der Waals surface area contributed by atoms with Crippen LogP contribution in [0.1, 0.15) is 17.5 Å². The predicted octanol–water partition coefficient (Wildman–Crippen LogP) is 3.47. The Bertz CT molecular complexity index is 657. The maximum absolute atomic E-state index is 12.9. The number of hydrogen-bond donors (Lipinski definition) is 1. The first kappa shape index (κ1) is 18.3. The average Bonchev–Trinajstić information content (AvgIpc) is 3.12. The Balaban J connectivity index is 1.53. The minimum absolute atomic E-state index is 0.203. The lowest BCUT2D eigenvalue weighted by Crippen LogP contribution is -2.52. The van der Waals surface area contributed by atoms with E-state index in [1.165, 1.54) is 17.7 Å². The summed E-state index contributed by atoms with van der Waals surface area (Å²) in [6.07, 6.45) is 4.98. The highest BCUT2D eigenvalue weighted by Crippen LogP contribution is 2.18. The van der Waals surface area contributed by atoms with E-state index in [-0.39, 0.29) is 12.4 Å². The molecule has 0 aliphatic carbocycles. The first-order valence-corrected chi connectivity index (χ1v) is 9.69. The molecule has 3 nitrogen and oxygen atoms in total. The second-order valence-corrected chi connectivity index (χ2v) is 7.26. The van der Waals surface area contributed by atoms with Crippen molar-refractivity contribution in [1.29, 1.82) is 0 Å². The number of halogens is 1. The van der Waals surface area contributed by atoms with Gasteiger partial charge in [0.25, 0.3) is 0 Å². The zero-order valence-electron chi connectivity index (χ0n) is 14.4. The molecule has 0 radical (unpaired) electrons. The molecular weight excluding hydrogens is 335 g/mol. The van der Waals surface area contributed by atoms with Gasteiger partial charge in [0.15, 0.2) is 0 Å². The van der Waals surface area contributed by atoms with Gasteiger partial charge in [0, 0.05) is 45.4 Å². The van der Waals surface area contributed by atoms with Gasteiger partial charge in [0.1, 0.15) is 5.82 Å². The van der Waals surface area contributed by atoms with Gasteiger partial charge in [-0.05, 0) is 46.5 Å². The highest BCUT2D eigenvalue weighted by atomic mass is 32.1. The van der Waals surface area contributed by atoms with Crippen molar-refractivity contribution in [3.05, 3.63) is 64.1 Å². The van der Waals surface area contributed by atoms with Crippen LogP contribution >= 0.6 is 11.3 Å². The van der Waals surface area contributed by atoms with E-state index >= 15 is 0 Å². The van der Waals surface area contributed by atoms with Gasteiger partial charge in [-0.15, -0.1) is 0 Å². The third-order valence-electron chi connectivity index (χ3n) is 4.66. The molecule has 25 heavy (non-hydrogen) atoms. The summed E-state index contributed by atoms with van der Waals surface area (Å²) in [5.41, 5.74) is 2.38. The summed E-state index contributed by atoms with van der Waals surface area (Å²) < 4.78 is 12.9. The molecule has 0 saturated carbocycles. The molecule has 2 heterocycles. The van der Waals surface area contributed by atoms with Gasteiger partial charge in [-0.1, -0.05) is 24.3 Å². The minimum atomic E-state index is -0.203. The van der Waals surface area contributed by atoms with Crippen molar-refractivity contribution in [3.63, 3.8) is 0 Å². The molecule has 3 rings (SSSR count). The summed E-state index contributed by atoms with van der Waals surface area (Å²) in [7, 11) is 0. The molecule has 1 aliphatic rings. The quantitative estimate of drug-likeness (QED) is 0.819. The lowest BCUT2D eigenvalue weighted by Gasteiger charge is -2.41. The van der Waals surface area contributed by atoms with Crippen LogP contribution in [0.25, 0.3) is 6.08 Å². The van der Waals surface area contributed by atoms with Crippen molar-refractivity contribution in [2.45, 2.75) is 19.0 Å². The molecule has 1 N–H and O–H groups in total. The first-order chi connectivity index (χ1) is 12.2. The Morgan fingerprint density at radius 1 is 1.20 bits per heavy atom. The molecule has 0 bridgehead atoms. The molecule has 2 aromatic rings. The third kappa shape index (κ3) is 5.47. The molecule has 1 atom stereocenters. The Morgan fingerprint density at radius 2 is 2.04 bits per heavy atom. The highest BCUT2D eigenvalue weighted by Gasteiger charge is 2.26. The fourth-order valence-corrected chi connectivity index (χ4v) is 3.94. The van der Waals surface area contributed by atoms with Crippen LogP contribution in [0.15, 0.2) is 47.2 Å². The maximum atomic E-state index is 12.9. The Kier molecular flexibility index (Phi) is 6.76. The lowest BCUT2D eigenvalue weighted by molar-refractivity contribution is 0.0598. The van der Waals surface area contributed by atoms with Gasteiger partial charge in [-0.25, -0.2) is 4.39 Å². The van der Waals surface area contributed by atoms with E-state index in [4.69, 9.17) is 0 Å². The Morgan fingerprint density at radius 3 is 2.76 bits per heavy atom. The van der Waals surface area contributed by atoms with Crippen LogP contribution in [-0.2, 0) is 6.54 Å². The zero-order valence-corrected chi connectivity index (χ0v) is 15.2. The monoisotopic (exact) mass is 360 g/mol. The first-order valence-electron chi connectivity index (χ1n) is 8.75. The van der Waals surface area contributed by atoms with Crippen LogP contribution in [0.3, 0.4) is 0 Å². The summed E-state index contributed by atoms with van der Waals surface area (Å²) in [5, 5.41) is 13.7. The Labute approximate surface area is 153 Å². The molecule has 1 saturated heterocycles. The summed E-state index contributed by atoms with van der Waals surface area (Å²) in [6, 6.07) is 9.12. The number of nitrogens with zero attached hydrogens (tertiary/aromatic N) is 2. The summed E-state index contributed by atoms with van der Waals surface area (Å²) in [6.45, 7) is 5.09. The Hall–Kier alpha value is -1.53. The molecule has 1 aliphatic heterocycles. The molecule has 0 unspecified atom stereocenters. The van der Waals surface area contributed by atoms with E-state index < -0.39 is 0 Å². The normalized spacial score (nSPS) is 19.7. The summed E-state index contributed by atoms with van der Waals surface area (Å²) in [4.78, 5) is 4.91. The second-order valence-electron chi connectivity index (χ2n) is 6.48. The van der Waals surface area contributed by atoms with E-state index in [9.17, 15) is 9.50 Å². The van der Waals surface area contributed by atoms with Crippen LogP contribution in [-0.4, -0.2) is 53.7 Å². The highest BCUT2D eigenvalue weighted by molar-refractivity contribution is 7.07. The zero-order chi connectivity index (χ0) is 17.5. The van der Waals surface area contributed by atoms with Gasteiger partial charge in [0.2, 0.25) is 0 Å². The van der Waals surface area contributed by atoms with Crippen molar-refractivity contribution < 1.29 is 9.50 Å². The fraction of sp³-hybridized carbons (Fsp3) is 0.400. The van der Waals surface area contributed by atoms with Crippen LogP contribution in [0.4, 0.5) is 4.39 Å². The van der Waals surface area contributed by atoms with Gasteiger partial charge in [0.05, 0.1) is 0 Å². The number of aliphatic hydroxyl groups excluding tert-OH is 1. The van der Waals surface area contributed by atoms with E-state index in [1.807, 2.05) is 6.08 Å². The van der Waals surface area contributed by atoms with Crippen LogP contribution in [0.2, 0.25) is 0 Å². The van der Waals surface area contributed by atoms with E-state index in [0.717, 1.165) is 44.7 Å².